The van der Waals surface area contributed by atoms with Gasteiger partial charge >= 0.3 is 5.97 Å². The van der Waals surface area contributed by atoms with Gasteiger partial charge in [0.2, 0.25) is 0 Å². The van der Waals surface area contributed by atoms with Gasteiger partial charge in [-0.3, -0.25) is 4.79 Å². The number of hydrogen-bond donors (Lipinski definition) is 3. The van der Waals surface area contributed by atoms with Crippen molar-refractivity contribution < 1.29 is 18.3 Å². The van der Waals surface area contributed by atoms with Gasteiger partial charge in [-0.25, -0.2) is 4.72 Å². The van der Waals surface area contributed by atoms with Crippen molar-refractivity contribution in [2.75, 3.05) is 6.54 Å². The second-order valence-electron chi connectivity index (χ2n) is 5.72. The fourth-order valence-corrected chi connectivity index (χ4v) is 3.79. The lowest BCUT2D eigenvalue weighted by molar-refractivity contribution is -0.149. The van der Waals surface area contributed by atoms with Crippen molar-refractivity contribution in [2.24, 2.45) is 5.41 Å². The van der Waals surface area contributed by atoms with Gasteiger partial charge in [0.25, 0.3) is 10.2 Å². The van der Waals surface area contributed by atoms with E-state index < -0.39 is 21.6 Å². The minimum Gasteiger partial charge on any atom is -0.481 e. The van der Waals surface area contributed by atoms with Crippen LogP contribution in [0.4, 0.5) is 0 Å². The minimum atomic E-state index is -3.56. The van der Waals surface area contributed by atoms with Crippen LogP contribution in [0.1, 0.15) is 51.4 Å². The topological polar surface area (TPSA) is 95.5 Å². The predicted octanol–water partition coefficient (Wildman–Crippen LogP) is 0.998. The summed E-state index contributed by atoms with van der Waals surface area (Å²) in [5.74, 6) is -0.886. The molecule has 6 nitrogen and oxygen atoms in total. The molecule has 110 valence electrons. The Balaban J connectivity index is 1.97. The van der Waals surface area contributed by atoms with E-state index in [0.29, 0.717) is 12.8 Å². The molecule has 2 aliphatic rings. The SMILES string of the molecule is O=C(O)C1(CNS(=O)(=O)NC2CC2)CCCCCC1. The molecule has 3 N–H and O–H groups in total. The number of nitrogens with one attached hydrogen (secondary N) is 2. The highest BCUT2D eigenvalue weighted by atomic mass is 32.2. The summed E-state index contributed by atoms with van der Waals surface area (Å²) in [6, 6.07) is 0.0346. The summed E-state index contributed by atoms with van der Waals surface area (Å²) in [7, 11) is -3.56. The van der Waals surface area contributed by atoms with Crippen molar-refractivity contribution in [1.29, 1.82) is 0 Å². The molecule has 0 radical (unpaired) electrons. The first-order chi connectivity index (χ1) is 8.94. The van der Waals surface area contributed by atoms with Crippen LogP contribution in [-0.4, -0.2) is 32.1 Å². The van der Waals surface area contributed by atoms with Crippen LogP contribution >= 0.6 is 0 Å². The van der Waals surface area contributed by atoms with Gasteiger partial charge in [0.1, 0.15) is 0 Å². The highest BCUT2D eigenvalue weighted by molar-refractivity contribution is 7.87. The molecule has 2 fully saturated rings. The molecule has 0 saturated heterocycles. The Kier molecular flexibility index (Phi) is 4.47. The summed E-state index contributed by atoms with van der Waals surface area (Å²) in [6.07, 6.45) is 6.59. The van der Waals surface area contributed by atoms with Crippen LogP contribution < -0.4 is 9.44 Å². The van der Waals surface area contributed by atoms with Gasteiger partial charge in [-0.1, -0.05) is 25.7 Å². The maximum absolute atomic E-state index is 11.8. The first-order valence-corrected chi connectivity index (χ1v) is 8.42. The fourth-order valence-electron chi connectivity index (χ4n) is 2.57. The first-order valence-electron chi connectivity index (χ1n) is 6.94. The number of aliphatic carboxylic acids is 1. The molecule has 0 spiro atoms. The largest absolute Gasteiger partial charge is 0.481 e. The molecule has 2 saturated carbocycles. The van der Waals surface area contributed by atoms with Gasteiger partial charge < -0.3 is 5.11 Å². The smallest absolute Gasteiger partial charge is 0.310 e. The van der Waals surface area contributed by atoms with Crippen LogP contribution in [0, 0.1) is 5.41 Å². The third kappa shape index (κ3) is 4.15. The summed E-state index contributed by atoms with van der Waals surface area (Å²) in [5, 5.41) is 9.45. The third-order valence-corrected chi connectivity index (χ3v) is 5.18. The molecular formula is C12H22N2O4S. The zero-order valence-electron chi connectivity index (χ0n) is 11.0. The highest BCUT2D eigenvalue weighted by Crippen LogP contribution is 2.35. The van der Waals surface area contributed by atoms with Crippen LogP contribution in [0.2, 0.25) is 0 Å². The molecule has 0 aromatic rings. The summed E-state index contributed by atoms with van der Waals surface area (Å²) in [6.45, 7) is -0.00954. The van der Waals surface area contributed by atoms with Crippen molar-refractivity contribution in [3.05, 3.63) is 0 Å². The van der Waals surface area contributed by atoms with Crippen molar-refractivity contribution in [1.82, 2.24) is 9.44 Å². The van der Waals surface area contributed by atoms with Gasteiger partial charge in [0.05, 0.1) is 5.41 Å². The Labute approximate surface area is 114 Å². The van der Waals surface area contributed by atoms with Crippen molar-refractivity contribution >= 4 is 16.2 Å². The van der Waals surface area contributed by atoms with Crippen LogP contribution in [0.3, 0.4) is 0 Å². The molecule has 0 atom stereocenters. The summed E-state index contributed by atoms with van der Waals surface area (Å²) < 4.78 is 28.5. The Hall–Kier alpha value is -0.660. The van der Waals surface area contributed by atoms with Gasteiger partial charge in [0.15, 0.2) is 0 Å². The molecule has 0 aromatic carbocycles. The maximum Gasteiger partial charge on any atom is 0.310 e. The van der Waals surface area contributed by atoms with E-state index >= 15 is 0 Å². The summed E-state index contributed by atoms with van der Waals surface area (Å²) in [4.78, 5) is 11.5. The van der Waals surface area contributed by atoms with Crippen LogP contribution in [0.25, 0.3) is 0 Å². The Morgan fingerprint density at radius 1 is 1.16 bits per heavy atom. The van der Waals surface area contributed by atoms with E-state index in [4.69, 9.17) is 0 Å². The molecule has 0 amide bonds. The van der Waals surface area contributed by atoms with Gasteiger partial charge in [-0.2, -0.15) is 13.1 Å². The second kappa shape index (κ2) is 5.76. The van der Waals surface area contributed by atoms with Gasteiger partial charge in [0, 0.05) is 12.6 Å². The number of carboxylic acids is 1. The molecule has 0 unspecified atom stereocenters. The number of rotatable bonds is 6. The normalized spacial score (nSPS) is 23.8. The molecule has 0 bridgehead atoms. The summed E-state index contributed by atoms with van der Waals surface area (Å²) >= 11 is 0. The first kappa shape index (κ1) is 14.7. The van der Waals surface area contributed by atoms with Crippen molar-refractivity contribution in [3.8, 4) is 0 Å². The molecule has 2 rings (SSSR count). The highest BCUT2D eigenvalue weighted by Gasteiger charge is 2.40. The zero-order chi connectivity index (χ0) is 13.9. The van der Waals surface area contributed by atoms with E-state index in [1.165, 1.54) is 0 Å². The van der Waals surface area contributed by atoms with Crippen LogP contribution in [-0.2, 0) is 15.0 Å². The van der Waals surface area contributed by atoms with Gasteiger partial charge in [-0.05, 0) is 25.7 Å². The van der Waals surface area contributed by atoms with E-state index in [1.807, 2.05) is 0 Å². The Bertz CT molecular complexity index is 423. The average molecular weight is 290 g/mol. The molecule has 0 heterocycles. The molecule has 19 heavy (non-hydrogen) atoms. The quantitative estimate of drug-likeness (QED) is 0.636. The lowest BCUT2D eigenvalue weighted by atomic mass is 9.80. The standard InChI is InChI=1S/C12H22N2O4S/c15-11(16)12(7-3-1-2-4-8-12)9-13-19(17,18)14-10-5-6-10/h10,13-14H,1-9H2,(H,15,16). The Morgan fingerprint density at radius 2 is 1.74 bits per heavy atom. The molecule has 2 aliphatic carbocycles. The minimum absolute atomic E-state index is 0.00954. The van der Waals surface area contributed by atoms with E-state index in [0.717, 1.165) is 38.5 Å². The number of hydrogen-bond acceptors (Lipinski definition) is 3. The number of carbonyl (C=O) groups is 1. The lowest BCUT2D eigenvalue weighted by Gasteiger charge is -2.28. The van der Waals surface area contributed by atoms with Crippen LogP contribution in [0.5, 0.6) is 0 Å². The predicted molar refractivity (Wildman–Crippen MR) is 70.9 cm³/mol. The van der Waals surface area contributed by atoms with Crippen molar-refractivity contribution in [2.45, 2.75) is 57.4 Å². The monoisotopic (exact) mass is 290 g/mol. The molecule has 7 heteroatoms. The third-order valence-electron chi connectivity index (χ3n) is 4.01. The van der Waals surface area contributed by atoms with E-state index in [9.17, 15) is 18.3 Å². The Morgan fingerprint density at radius 3 is 2.21 bits per heavy atom. The van der Waals surface area contributed by atoms with Crippen LogP contribution in [0.15, 0.2) is 0 Å². The summed E-state index contributed by atoms with van der Waals surface area (Å²) in [5.41, 5.74) is -0.936. The van der Waals surface area contributed by atoms with E-state index in [1.54, 1.807) is 0 Å². The lowest BCUT2D eigenvalue weighted by Crippen LogP contribution is -2.46. The molecular weight excluding hydrogens is 268 g/mol. The zero-order valence-corrected chi connectivity index (χ0v) is 11.8. The molecule has 0 aliphatic heterocycles. The average Bonchev–Trinajstić information content (AvgIpc) is 3.13. The number of carboxylic acid groups (broad SMARTS) is 1. The van der Waals surface area contributed by atoms with E-state index in [-0.39, 0.29) is 12.6 Å². The maximum atomic E-state index is 11.8. The molecule has 0 aromatic heterocycles. The van der Waals surface area contributed by atoms with E-state index in [2.05, 4.69) is 9.44 Å². The van der Waals surface area contributed by atoms with Gasteiger partial charge in [-0.15, -0.1) is 0 Å². The van der Waals surface area contributed by atoms with Crippen molar-refractivity contribution in [3.63, 3.8) is 0 Å². The fraction of sp³-hybridized carbons (Fsp3) is 0.917. The second-order valence-corrected chi connectivity index (χ2v) is 7.25.